The van der Waals surface area contributed by atoms with Gasteiger partial charge in [0, 0.05) is 0 Å². The summed E-state index contributed by atoms with van der Waals surface area (Å²) < 4.78 is 31.8. The molecule has 0 saturated heterocycles. The fraction of sp³-hybridized carbons (Fsp3) is 0. The van der Waals surface area contributed by atoms with Crippen molar-refractivity contribution in [1.82, 2.24) is 0 Å². The molecular weight excluding hydrogens is 284 g/mol. The van der Waals surface area contributed by atoms with Gasteiger partial charge in [-0.15, -0.1) is 0 Å². The first-order valence-corrected chi connectivity index (χ1v) is 4.64. The van der Waals surface area contributed by atoms with Crippen LogP contribution in [0.4, 0.5) is 0 Å². The zero-order chi connectivity index (χ0) is 9.19. The third-order valence-corrected chi connectivity index (χ3v) is 2.32. The van der Waals surface area contributed by atoms with Gasteiger partial charge in [-0.2, -0.15) is 0 Å². The van der Waals surface area contributed by atoms with Crippen LogP contribution in [-0.2, 0) is 32.5 Å². The molecule has 0 aliphatic rings. The Morgan fingerprint density at radius 1 is 1.31 bits per heavy atom. The van der Waals surface area contributed by atoms with E-state index < -0.39 is 10.1 Å². The van der Waals surface area contributed by atoms with E-state index in [4.69, 9.17) is 0 Å². The van der Waals surface area contributed by atoms with Gasteiger partial charge in [0.1, 0.15) is 10.1 Å². The van der Waals surface area contributed by atoms with Gasteiger partial charge in [-0.3, -0.25) is 0 Å². The van der Waals surface area contributed by atoms with E-state index in [9.17, 15) is 13.0 Å². The van der Waals surface area contributed by atoms with E-state index >= 15 is 0 Å². The van der Waals surface area contributed by atoms with E-state index in [1.54, 1.807) is 6.07 Å². The van der Waals surface area contributed by atoms with Crippen LogP contribution in [0.25, 0.3) is 6.08 Å². The minimum atomic E-state index is -4.37. The van der Waals surface area contributed by atoms with Gasteiger partial charge in [-0.05, 0) is 11.6 Å². The standard InChI is InChI=1S/C8H8O3S.Ag/c1-2-7-5-3-4-6-8(7)12(9,10)11;/h2-6H,1H2,(H,9,10,11);/q;+1/p-1. The Kier molecular flexibility index (Phi) is 4.60. The Morgan fingerprint density at radius 3 is 2.23 bits per heavy atom. The van der Waals surface area contributed by atoms with Crippen molar-refractivity contribution in [1.29, 1.82) is 0 Å². The summed E-state index contributed by atoms with van der Waals surface area (Å²) in [6, 6.07) is 5.93. The van der Waals surface area contributed by atoms with Gasteiger partial charge in [0.05, 0.1) is 4.90 Å². The second-order valence-electron chi connectivity index (χ2n) is 2.20. The Morgan fingerprint density at radius 2 is 1.85 bits per heavy atom. The molecule has 1 aromatic carbocycles. The number of benzene rings is 1. The molecule has 5 heteroatoms. The molecular formula is C8H7AgO3S. The maximum absolute atomic E-state index is 10.6. The second-order valence-corrected chi connectivity index (χ2v) is 3.54. The van der Waals surface area contributed by atoms with Crippen molar-refractivity contribution in [3.63, 3.8) is 0 Å². The fourth-order valence-electron chi connectivity index (χ4n) is 0.877. The normalized spacial score (nSPS) is 10.2. The van der Waals surface area contributed by atoms with Crippen LogP contribution in [-0.4, -0.2) is 13.0 Å². The smallest absolute Gasteiger partial charge is 0.744 e. The number of hydrogen-bond donors (Lipinski definition) is 0. The molecule has 0 spiro atoms. The van der Waals surface area contributed by atoms with Crippen LogP contribution in [0.2, 0.25) is 0 Å². The maximum atomic E-state index is 10.6. The average molecular weight is 291 g/mol. The molecule has 0 aliphatic carbocycles. The SMILES string of the molecule is C=Cc1ccccc1S(=O)(=O)[O-].[Ag+]. The summed E-state index contributed by atoms with van der Waals surface area (Å²) in [7, 11) is -4.37. The van der Waals surface area contributed by atoms with Crippen LogP contribution in [0.15, 0.2) is 35.7 Å². The first kappa shape index (κ1) is 12.6. The van der Waals surface area contributed by atoms with Gasteiger partial charge in [-0.1, -0.05) is 30.9 Å². The van der Waals surface area contributed by atoms with Gasteiger partial charge in [-0.25, -0.2) is 8.42 Å². The summed E-state index contributed by atoms with van der Waals surface area (Å²) >= 11 is 0. The molecule has 0 bridgehead atoms. The van der Waals surface area contributed by atoms with Crippen molar-refractivity contribution in [2.45, 2.75) is 4.90 Å². The van der Waals surface area contributed by atoms with Gasteiger partial charge < -0.3 is 4.55 Å². The van der Waals surface area contributed by atoms with Crippen molar-refractivity contribution in [3.8, 4) is 0 Å². The molecule has 74 valence electrons. The molecule has 0 fully saturated rings. The first-order valence-electron chi connectivity index (χ1n) is 3.23. The molecule has 0 saturated carbocycles. The van der Waals surface area contributed by atoms with E-state index in [0.29, 0.717) is 5.56 Å². The summed E-state index contributed by atoms with van der Waals surface area (Å²) in [5, 5.41) is 0. The van der Waals surface area contributed by atoms with Crippen LogP contribution >= 0.6 is 0 Å². The average Bonchev–Trinajstić information content (AvgIpc) is 2.03. The van der Waals surface area contributed by atoms with E-state index in [1.807, 2.05) is 0 Å². The van der Waals surface area contributed by atoms with Crippen molar-refractivity contribution < 1.29 is 35.4 Å². The van der Waals surface area contributed by atoms with Crippen LogP contribution in [0.5, 0.6) is 0 Å². The van der Waals surface area contributed by atoms with Gasteiger partial charge in [0.2, 0.25) is 0 Å². The van der Waals surface area contributed by atoms with Crippen molar-refractivity contribution >= 4 is 16.2 Å². The minimum absolute atomic E-state index is 0. The third-order valence-electron chi connectivity index (χ3n) is 1.41. The third kappa shape index (κ3) is 3.10. The largest absolute Gasteiger partial charge is 1.00 e. The van der Waals surface area contributed by atoms with Gasteiger partial charge in [0.15, 0.2) is 0 Å². The Labute approximate surface area is 92.7 Å². The molecule has 0 amide bonds. The molecule has 0 atom stereocenters. The van der Waals surface area contributed by atoms with Crippen molar-refractivity contribution in [3.05, 3.63) is 36.4 Å². The Bertz CT molecular complexity index is 398. The molecule has 0 heterocycles. The van der Waals surface area contributed by atoms with E-state index in [-0.39, 0.29) is 27.3 Å². The predicted molar refractivity (Wildman–Crippen MR) is 44.5 cm³/mol. The fourth-order valence-corrected chi connectivity index (χ4v) is 1.56. The molecule has 1 rings (SSSR count). The zero-order valence-electron chi connectivity index (χ0n) is 6.53. The summed E-state index contributed by atoms with van der Waals surface area (Å²) in [5.74, 6) is 0. The second kappa shape index (κ2) is 4.74. The van der Waals surface area contributed by atoms with E-state index in [2.05, 4.69) is 6.58 Å². The summed E-state index contributed by atoms with van der Waals surface area (Å²) in [6.07, 6.45) is 1.34. The molecule has 0 unspecified atom stereocenters. The van der Waals surface area contributed by atoms with Crippen molar-refractivity contribution in [2.75, 3.05) is 0 Å². The molecule has 0 aromatic heterocycles. The van der Waals surface area contributed by atoms with E-state index in [0.717, 1.165) is 0 Å². The maximum Gasteiger partial charge on any atom is 1.00 e. The van der Waals surface area contributed by atoms with Gasteiger partial charge in [0.25, 0.3) is 0 Å². The van der Waals surface area contributed by atoms with Crippen LogP contribution in [0, 0.1) is 0 Å². The monoisotopic (exact) mass is 290 g/mol. The van der Waals surface area contributed by atoms with E-state index in [1.165, 1.54) is 24.3 Å². The summed E-state index contributed by atoms with van der Waals surface area (Å²) in [5.41, 5.74) is 0.340. The molecule has 1 aromatic rings. The van der Waals surface area contributed by atoms with Crippen LogP contribution in [0.1, 0.15) is 5.56 Å². The first-order chi connectivity index (χ1) is 5.55. The molecule has 0 N–H and O–H groups in total. The predicted octanol–water partition coefficient (Wildman–Crippen LogP) is 1.23. The quantitative estimate of drug-likeness (QED) is 0.608. The molecule has 0 radical (unpaired) electrons. The number of hydrogen-bond acceptors (Lipinski definition) is 3. The molecule has 13 heavy (non-hydrogen) atoms. The Balaban J connectivity index is 0.00000144. The topological polar surface area (TPSA) is 57.2 Å². The summed E-state index contributed by atoms with van der Waals surface area (Å²) in [6.45, 7) is 3.40. The van der Waals surface area contributed by atoms with Crippen molar-refractivity contribution in [2.24, 2.45) is 0 Å². The zero-order valence-corrected chi connectivity index (χ0v) is 8.83. The van der Waals surface area contributed by atoms with Gasteiger partial charge >= 0.3 is 22.4 Å². The minimum Gasteiger partial charge on any atom is -0.744 e. The molecule has 3 nitrogen and oxygen atoms in total. The molecule has 0 aliphatic heterocycles. The van der Waals surface area contributed by atoms with Crippen LogP contribution in [0.3, 0.4) is 0 Å². The van der Waals surface area contributed by atoms with Crippen LogP contribution < -0.4 is 0 Å². The number of rotatable bonds is 2. The summed E-state index contributed by atoms with van der Waals surface area (Å²) in [4.78, 5) is -0.222. The Hall–Kier alpha value is -0.390.